The second-order valence-corrected chi connectivity index (χ2v) is 5.69. The number of anilines is 1. The number of rotatable bonds is 3. The number of carbonyl (C=O) groups is 1. The minimum atomic E-state index is -0.266. The average molecular weight is 321 g/mol. The zero-order valence-corrected chi connectivity index (χ0v) is 13.9. The summed E-state index contributed by atoms with van der Waals surface area (Å²) in [5.41, 5.74) is 3.41. The third-order valence-corrected chi connectivity index (χ3v) is 3.93. The smallest absolute Gasteiger partial charge is 0.295 e. The molecule has 0 aliphatic carbocycles. The van der Waals surface area contributed by atoms with E-state index in [1.807, 2.05) is 73.1 Å². The van der Waals surface area contributed by atoms with Crippen molar-refractivity contribution in [1.82, 2.24) is 9.36 Å². The van der Waals surface area contributed by atoms with E-state index in [1.54, 1.807) is 4.68 Å². The molecule has 1 amide bonds. The molecule has 5 heteroatoms. The SMILES string of the molecule is CC(=O)Nc1c(C)n(-c2ccccc2C)n(-c2ccccc2)c1=O. The number of nitrogens with zero attached hydrogens (tertiary/aromatic N) is 2. The maximum Gasteiger partial charge on any atom is 0.295 e. The normalized spacial score (nSPS) is 10.6. The van der Waals surface area contributed by atoms with Gasteiger partial charge >= 0.3 is 0 Å². The molecule has 2 aromatic carbocycles. The Kier molecular flexibility index (Phi) is 4.08. The average Bonchev–Trinajstić information content (AvgIpc) is 2.80. The minimum absolute atomic E-state index is 0.253. The molecule has 0 fully saturated rings. The van der Waals surface area contributed by atoms with E-state index < -0.39 is 0 Å². The molecule has 3 rings (SSSR count). The van der Waals surface area contributed by atoms with E-state index in [0.29, 0.717) is 11.4 Å². The largest absolute Gasteiger partial charge is 0.320 e. The summed E-state index contributed by atoms with van der Waals surface area (Å²) < 4.78 is 3.43. The number of para-hydroxylation sites is 2. The van der Waals surface area contributed by atoms with Crippen LogP contribution in [-0.4, -0.2) is 15.3 Å². The molecule has 0 aliphatic heterocycles. The van der Waals surface area contributed by atoms with Gasteiger partial charge in [-0.15, -0.1) is 0 Å². The van der Waals surface area contributed by atoms with Crippen molar-refractivity contribution in [3.63, 3.8) is 0 Å². The van der Waals surface area contributed by atoms with Crippen molar-refractivity contribution in [3.8, 4) is 11.4 Å². The quantitative estimate of drug-likeness (QED) is 0.805. The molecule has 0 atom stereocenters. The molecule has 5 nitrogen and oxygen atoms in total. The Morgan fingerprint density at radius 1 is 0.917 bits per heavy atom. The van der Waals surface area contributed by atoms with Crippen molar-refractivity contribution in [3.05, 3.63) is 76.2 Å². The Hall–Kier alpha value is -3.08. The summed E-state index contributed by atoms with van der Waals surface area (Å²) in [7, 11) is 0. The molecule has 0 spiro atoms. The van der Waals surface area contributed by atoms with Crippen LogP contribution in [0.3, 0.4) is 0 Å². The Morgan fingerprint density at radius 2 is 1.54 bits per heavy atom. The lowest BCUT2D eigenvalue weighted by Crippen LogP contribution is -2.22. The summed E-state index contributed by atoms with van der Waals surface area (Å²) in [5, 5.41) is 2.67. The standard InChI is InChI=1S/C19H19N3O2/c1-13-9-7-8-12-17(13)21-14(2)18(20-15(3)23)19(24)22(21)16-10-5-4-6-11-16/h4-12H,1-3H3,(H,20,23). The molecule has 0 aliphatic rings. The fourth-order valence-corrected chi connectivity index (χ4v) is 2.82. The summed E-state index contributed by atoms with van der Waals surface area (Å²) in [4.78, 5) is 24.5. The topological polar surface area (TPSA) is 56.0 Å². The highest BCUT2D eigenvalue weighted by Crippen LogP contribution is 2.22. The molecule has 0 unspecified atom stereocenters. The number of aryl methyl sites for hydroxylation is 1. The van der Waals surface area contributed by atoms with Gasteiger partial charge in [-0.2, -0.15) is 0 Å². The van der Waals surface area contributed by atoms with Gasteiger partial charge in [0.1, 0.15) is 5.69 Å². The first kappa shape index (κ1) is 15.8. The van der Waals surface area contributed by atoms with Crippen molar-refractivity contribution in [2.75, 3.05) is 5.32 Å². The summed E-state index contributed by atoms with van der Waals surface area (Å²) >= 11 is 0. The van der Waals surface area contributed by atoms with Crippen molar-refractivity contribution in [2.24, 2.45) is 0 Å². The van der Waals surface area contributed by atoms with Gasteiger partial charge in [0.05, 0.1) is 17.1 Å². The number of nitrogens with one attached hydrogen (secondary N) is 1. The van der Waals surface area contributed by atoms with Gasteiger partial charge < -0.3 is 5.32 Å². The number of benzene rings is 2. The van der Waals surface area contributed by atoms with Gasteiger partial charge in [-0.05, 0) is 37.6 Å². The van der Waals surface area contributed by atoms with Crippen LogP contribution in [0.4, 0.5) is 5.69 Å². The van der Waals surface area contributed by atoms with Gasteiger partial charge in [0, 0.05) is 6.92 Å². The zero-order chi connectivity index (χ0) is 17.3. The highest BCUT2D eigenvalue weighted by Gasteiger charge is 2.20. The van der Waals surface area contributed by atoms with E-state index in [0.717, 1.165) is 16.9 Å². The van der Waals surface area contributed by atoms with E-state index in [4.69, 9.17) is 0 Å². The predicted octanol–water partition coefficient (Wildman–Crippen LogP) is 3.20. The van der Waals surface area contributed by atoms with Crippen LogP contribution in [0.1, 0.15) is 18.2 Å². The summed E-state index contributed by atoms with van der Waals surface area (Å²) in [6.45, 7) is 5.22. The third kappa shape index (κ3) is 2.65. The van der Waals surface area contributed by atoms with Crippen LogP contribution >= 0.6 is 0 Å². The number of amides is 1. The van der Waals surface area contributed by atoms with E-state index >= 15 is 0 Å². The van der Waals surface area contributed by atoms with Gasteiger partial charge in [-0.25, -0.2) is 9.36 Å². The molecule has 24 heavy (non-hydrogen) atoms. The predicted molar refractivity (Wildman–Crippen MR) is 95.1 cm³/mol. The number of aromatic nitrogens is 2. The van der Waals surface area contributed by atoms with E-state index in [1.165, 1.54) is 6.92 Å². The Balaban J connectivity index is 2.37. The lowest BCUT2D eigenvalue weighted by Gasteiger charge is -2.15. The summed E-state index contributed by atoms with van der Waals surface area (Å²) in [5.74, 6) is -0.266. The molecule has 1 N–H and O–H groups in total. The Bertz CT molecular complexity index is 952. The van der Waals surface area contributed by atoms with E-state index in [9.17, 15) is 9.59 Å². The second-order valence-electron chi connectivity index (χ2n) is 5.69. The molecular formula is C19H19N3O2. The number of hydrogen-bond donors (Lipinski definition) is 1. The van der Waals surface area contributed by atoms with Crippen molar-refractivity contribution < 1.29 is 4.79 Å². The van der Waals surface area contributed by atoms with Crippen LogP contribution in [0.15, 0.2) is 59.4 Å². The summed E-state index contributed by atoms with van der Waals surface area (Å²) in [6, 6.07) is 17.2. The fourth-order valence-electron chi connectivity index (χ4n) is 2.82. The lowest BCUT2D eigenvalue weighted by molar-refractivity contribution is -0.114. The zero-order valence-electron chi connectivity index (χ0n) is 13.9. The van der Waals surface area contributed by atoms with Gasteiger partial charge in [-0.3, -0.25) is 9.59 Å². The first-order valence-electron chi connectivity index (χ1n) is 7.74. The van der Waals surface area contributed by atoms with Gasteiger partial charge in [-0.1, -0.05) is 36.4 Å². The highest BCUT2D eigenvalue weighted by atomic mass is 16.2. The van der Waals surface area contributed by atoms with Gasteiger partial charge in [0.25, 0.3) is 5.56 Å². The van der Waals surface area contributed by atoms with E-state index in [2.05, 4.69) is 5.32 Å². The fraction of sp³-hybridized carbons (Fsp3) is 0.158. The first-order chi connectivity index (χ1) is 11.5. The van der Waals surface area contributed by atoms with Crippen molar-refractivity contribution in [1.29, 1.82) is 0 Å². The molecular weight excluding hydrogens is 302 g/mol. The van der Waals surface area contributed by atoms with Crippen LogP contribution < -0.4 is 10.9 Å². The minimum Gasteiger partial charge on any atom is -0.320 e. The highest BCUT2D eigenvalue weighted by molar-refractivity contribution is 5.89. The molecule has 0 radical (unpaired) electrons. The van der Waals surface area contributed by atoms with Crippen LogP contribution in [0.5, 0.6) is 0 Å². The monoisotopic (exact) mass is 321 g/mol. The van der Waals surface area contributed by atoms with Crippen LogP contribution in [0, 0.1) is 13.8 Å². The summed E-state index contributed by atoms with van der Waals surface area (Å²) in [6.07, 6.45) is 0. The molecule has 3 aromatic rings. The molecule has 0 saturated carbocycles. The van der Waals surface area contributed by atoms with Crippen molar-refractivity contribution in [2.45, 2.75) is 20.8 Å². The van der Waals surface area contributed by atoms with Gasteiger partial charge in [0.2, 0.25) is 5.91 Å². The molecule has 0 saturated heterocycles. The van der Waals surface area contributed by atoms with Crippen LogP contribution in [0.2, 0.25) is 0 Å². The lowest BCUT2D eigenvalue weighted by atomic mass is 10.2. The Morgan fingerprint density at radius 3 is 2.17 bits per heavy atom. The maximum atomic E-state index is 13.0. The third-order valence-electron chi connectivity index (χ3n) is 3.93. The number of carbonyl (C=O) groups excluding carboxylic acids is 1. The number of hydrogen-bond acceptors (Lipinski definition) is 2. The van der Waals surface area contributed by atoms with E-state index in [-0.39, 0.29) is 11.5 Å². The maximum absolute atomic E-state index is 13.0. The molecule has 122 valence electrons. The second kappa shape index (κ2) is 6.20. The molecule has 0 bridgehead atoms. The molecule has 1 heterocycles. The first-order valence-corrected chi connectivity index (χ1v) is 7.74. The Labute approximate surface area is 140 Å². The van der Waals surface area contributed by atoms with Crippen LogP contribution in [-0.2, 0) is 4.79 Å². The molecule has 1 aromatic heterocycles. The van der Waals surface area contributed by atoms with Crippen LogP contribution in [0.25, 0.3) is 11.4 Å². The van der Waals surface area contributed by atoms with Crippen molar-refractivity contribution >= 4 is 11.6 Å². The van der Waals surface area contributed by atoms with Gasteiger partial charge in [0.15, 0.2) is 0 Å².